The Morgan fingerprint density at radius 2 is 1.94 bits per heavy atom. The lowest BCUT2D eigenvalue weighted by Crippen LogP contribution is -2.34. The number of benzene rings is 1. The second-order valence-corrected chi connectivity index (χ2v) is 9.74. The van der Waals surface area contributed by atoms with Gasteiger partial charge in [0.1, 0.15) is 0 Å². The van der Waals surface area contributed by atoms with Crippen molar-refractivity contribution in [3.05, 3.63) is 56.4 Å². The Balaban J connectivity index is 1.76. The Hall–Kier alpha value is -2.44. The van der Waals surface area contributed by atoms with Gasteiger partial charge in [0.05, 0.1) is 16.4 Å². The van der Waals surface area contributed by atoms with Gasteiger partial charge in [-0.3, -0.25) is 9.59 Å². The highest BCUT2D eigenvalue weighted by Crippen LogP contribution is 2.33. The number of hydrogen-bond donors (Lipinski definition) is 3. The third-order valence-corrected chi connectivity index (χ3v) is 6.31. The first-order chi connectivity index (χ1) is 15.2. The molecule has 3 rings (SSSR count). The Morgan fingerprint density at radius 3 is 2.66 bits per heavy atom. The van der Waals surface area contributed by atoms with E-state index in [-0.39, 0.29) is 11.5 Å². The quantitative estimate of drug-likeness (QED) is 0.390. The first kappa shape index (κ1) is 24.2. The van der Waals surface area contributed by atoms with Gasteiger partial charge in [0.2, 0.25) is 5.91 Å². The van der Waals surface area contributed by atoms with Crippen molar-refractivity contribution < 1.29 is 4.79 Å². The summed E-state index contributed by atoms with van der Waals surface area (Å²) >= 11 is 6.41. The summed E-state index contributed by atoms with van der Waals surface area (Å²) in [4.78, 5) is 25.2. The number of halogens is 1. The zero-order chi connectivity index (χ0) is 23.3. The number of aromatic amines is 1. The predicted octanol–water partition coefficient (Wildman–Crippen LogP) is 4.88. The van der Waals surface area contributed by atoms with E-state index in [1.54, 1.807) is 6.07 Å². The fraction of sp³-hybridized carbons (Fsp3) is 0.480. The van der Waals surface area contributed by atoms with E-state index >= 15 is 0 Å². The van der Waals surface area contributed by atoms with Crippen molar-refractivity contribution in [2.45, 2.75) is 59.8 Å². The zero-order valence-corrected chi connectivity index (χ0v) is 20.2. The summed E-state index contributed by atoms with van der Waals surface area (Å²) in [6.45, 7) is 9.53. The fourth-order valence-corrected chi connectivity index (χ4v) is 4.02. The highest BCUT2D eigenvalue weighted by atomic mass is 35.5. The molecular weight excluding hydrogens is 424 g/mol. The minimum absolute atomic E-state index is 0.0861. The zero-order valence-electron chi connectivity index (χ0n) is 19.4. The summed E-state index contributed by atoms with van der Waals surface area (Å²) in [6.07, 6.45) is 6.48. The molecule has 0 saturated carbocycles. The topological polar surface area (TPSA) is 86.9 Å². The molecule has 32 heavy (non-hydrogen) atoms. The molecule has 0 atom stereocenters. The van der Waals surface area contributed by atoms with Crippen LogP contribution in [0.15, 0.2) is 34.6 Å². The lowest BCUT2D eigenvalue weighted by Gasteiger charge is -2.24. The molecule has 172 valence electrons. The summed E-state index contributed by atoms with van der Waals surface area (Å²) < 4.78 is 0. The van der Waals surface area contributed by atoms with Crippen LogP contribution in [-0.2, 0) is 17.6 Å². The number of H-pyrrole nitrogens is 1. The number of nitrogens with one attached hydrogen (secondary N) is 3. The number of fused-ring (bicyclic) bond motifs is 1. The summed E-state index contributed by atoms with van der Waals surface area (Å²) in [5, 5.41) is 13.8. The standard InChI is InChI=1S/C25H33ClN4O2/c1-16(2)11-13-27-14-12-25(3,4)24(32)28-21-15-17(9-10-20(21)26)22-18-7-5-6-8-19(18)23(31)30-29-22/h9-11,15,27H,5-8,12-14H2,1-4H3,(H,28,32)(H,30,31). The van der Waals surface area contributed by atoms with Gasteiger partial charge in [0.25, 0.3) is 5.56 Å². The Bertz CT molecular complexity index is 1070. The number of aromatic nitrogens is 2. The highest BCUT2D eigenvalue weighted by Gasteiger charge is 2.28. The van der Waals surface area contributed by atoms with Gasteiger partial charge in [-0.05, 0) is 70.2 Å². The van der Waals surface area contributed by atoms with E-state index in [9.17, 15) is 9.59 Å². The molecule has 1 heterocycles. The molecule has 0 bridgehead atoms. The van der Waals surface area contributed by atoms with Crippen LogP contribution in [0, 0.1) is 5.41 Å². The molecule has 0 unspecified atom stereocenters. The number of hydrogen-bond acceptors (Lipinski definition) is 4. The van der Waals surface area contributed by atoms with Gasteiger partial charge in [0.15, 0.2) is 0 Å². The summed E-state index contributed by atoms with van der Waals surface area (Å²) in [6, 6.07) is 5.49. The van der Waals surface area contributed by atoms with Gasteiger partial charge in [-0.1, -0.05) is 43.2 Å². The van der Waals surface area contributed by atoms with Crippen LogP contribution in [0.2, 0.25) is 5.02 Å². The van der Waals surface area contributed by atoms with Crippen LogP contribution >= 0.6 is 11.6 Å². The van der Waals surface area contributed by atoms with Crippen LogP contribution in [0.3, 0.4) is 0 Å². The van der Waals surface area contributed by atoms with Crippen molar-refractivity contribution in [1.82, 2.24) is 15.5 Å². The largest absolute Gasteiger partial charge is 0.324 e. The number of anilines is 1. The minimum Gasteiger partial charge on any atom is -0.324 e. The van der Waals surface area contributed by atoms with Crippen molar-refractivity contribution in [3.63, 3.8) is 0 Å². The average molecular weight is 457 g/mol. The number of rotatable bonds is 8. The molecule has 1 aliphatic carbocycles. The Morgan fingerprint density at radius 1 is 1.22 bits per heavy atom. The van der Waals surface area contributed by atoms with Gasteiger partial charge in [-0.2, -0.15) is 5.10 Å². The van der Waals surface area contributed by atoms with Crippen LogP contribution in [-0.4, -0.2) is 29.2 Å². The maximum absolute atomic E-state index is 13.0. The molecule has 3 N–H and O–H groups in total. The molecular formula is C25H33ClN4O2. The van der Waals surface area contributed by atoms with Crippen LogP contribution in [0.4, 0.5) is 5.69 Å². The Labute approximate surface area is 194 Å². The molecule has 6 nitrogen and oxygen atoms in total. The smallest absolute Gasteiger partial charge is 0.267 e. The van der Waals surface area contributed by atoms with E-state index < -0.39 is 5.41 Å². The van der Waals surface area contributed by atoms with Crippen LogP contribution < -0.4 is 16.2 Å². The monoisotopic (exact) mass is 456 g/mol. The second-order valence-electron chi connectivity index (χ2n) is 9.33. The average Bonchev–Trinajstić information content (AvgIpc) is 2.75. The first-order valence-electron chi connectivity index (χ1n) is 11.2. The number of carbonyl (C=O) groups is 1. The summed E-state index contributed by atoms with van der Waals surface area (Å²) in [5.41, 5.74) is 4.57. The van der Waals surface area contributed by atoms with E-state index in [0.29, 0.717) is 17.1 Å². The molecule has 0 fully saturated rings. The van der Waals surface area contributed by atoms with E-state index in [1.165, 1.54) is 5.57 Å². The lowest BCUT2D eigenvalue weighted by molar-refractivity contribution is -0.124. The predicted molar refractivity (Wildman–Crippen MR) is 131 cm³/mol. The normalized spacial score (nSPS) is 13.4. The molecule has 0 saturated heterocycles. The van der Waals surface area contributed by atoms with Gasteiger partial charge < -0.3 is 10.6 Å². The van der Waals surface area contributed by atoms with Crippen LogP contribution in [0.25, 0.3) is 11.3 Å². The van der Waals surface area contributed by atoms with E-state index in [0.717, 1.165) is 61.2 Å². The van der Waals surface area contributed by atoms with Gasteiger partial charge in [-0.25, -0.2) is 5.10 Å². The molecule has 1 aromatic heterocycles. The van der Waals surface area contributed by atoms with Crippen LogP contribution in [0.1, 0.15) is 58.1 Å². The number of allylic oxidation sites excluding steroid dienone is 1. The Kier molecular flexibility index (Phi) is 7.91. The maximum atomic E-state index is 13.0. The van der Waals surface area contributed by atoms with Crippen molar-refractivity contribution in [2.75, 3.05) is 18.4 Å². The second kappa shape index (κ2) is 10.5. The minimum atomic E-state index is -0.563. The first-order valence-corrected chi connectivity index (χ1v) is 11.6. The number of carbonyl (C=O) groups excluding carboxylic acids is 1. The molecule has 1 aliphatic rings. The van der Waals surface area contributed by atoms with Crippen molar-refractivity contribution in [1.29, 1.82) is 0 Å². The van der Waals surface area contributed by atoms with Gasteiger partial charge >= 0.3 is 0 Å². The molecule has 1 aromatic carbocycles. The fourth-order valence-electron chi connectivity index (χ4n) is 3.85. The van der Waals surface area contributed by atoms with Crippen molar-refractivity contribution >= 4 is 23.2 Å². The maximum Gasteiger partial charge on any atom is 0.267 e. The third kappa shape index (κ3) is 5.87. The molecule has 1 amide bonds. The molecule has 0 radical (unpaired) electrons. The van der Waals surface area contributed by atoms with Gasteiger partial charge in [-0.15, -0.1) is 0 Å². The van der Waals surface area contributed by atoms with Crippen LogP contribution in [0.5, 0.6) is 0 Å². The van der Waals surface area contributed by atoms with Gasteiger partial charge in [0, 0.05) is 23.1 Å². The number of amides is 1. The lowest BCUT2D eigenvalue weighted by atomic mass is 9.88. The van der Waals surface area contributed by atoms with E-state index in [2.05, 4.69) is 40.8 Å². The van der Waals surface area contributed by atoms with Crippen molar-refractivity contribution in [2.24, 2.45) is 5.41 Å². The van der Waals surface area contributed by atoms with E-state index in [1.807, 2.05) is 26.0 Å². The molecule has 2 aromatic rings. The third-order valence-electron chi connectivity index (χ3n) is 5.98. The highest BCUT2D eigenvalue weighted by molar-refractivity contribution is 6.33. The van der Waals surface area contributed by atoms with E-state index in [4.69, 9.17) is 11.6 Å². The summed E-state index contributed by atoms with van der Waals surface area (Å²) in [7, 11) is 0. The summed E-state index contributed by atoms with van der Waals surface area (Å²) in [5.74, 6) is -0.0861. The molecule has 0 spiro atoms. The molecule has 7 heteroatoms. The van der Waals surface area contributed by atoms with Crippen molar-refractivity contribution in [3.8, 4) is 11.3 Å². The number of nitrogens with zero attached hydrogens (tertiary/aromatic N) is 1. The molecule has 0 aliphatic heterocycles. The SMILES string of the molecule is CC(C)=CCNCCC(C)(C)C(=O)Nc1cc(-c2n[nH]c(=O)c3c2CCCC3)ccc1Cl.